The Morgan fingerprint density at radius 1 is 1.24 bits per heavy atom. The molecule has 0 saturated carbocycles. The number of aromatic nitrogens is 1. The van der Waals surface area contributed by atoms with Gasteiger partial charge in [-0.3, -0.25) is 9.82 Å². The van der Waals surface area contributed by atoms with E-state index in [9.17, 15) is 4.79 Å². The molecule has 0 atom stereocenters. The molecule has 7 nitrogen and oxygen atoms in total. The Morgan fingerprint density at radius 3 is 2.68 bits per heavy atom. The van der Waals surface area contributed by atoms with E-state index in [-0.39, 0.29) is 0 Å². The van der Waals surface area contributed by atoms with E-state index in [4.69, 9.17) is 14.3 Å². The topological polar surface area (TPSA) is 73.2 Å². The monoisotopic (exact) mass is 341 g/mol. The molecule has 0 fully saturated rings. The highest BCUT2D eigenvalue weighted by atomic mass is 16.7. The van der Waals surface area contributed by atoms with Gasteiger partial charge < -0.3 is 14.4 Å². The first-order chi connectivity index (χ1) is 12.2. The molecule has 0 N–H and O–H groups in total. The minimum atomic E-state index is -0.486. The van der Waals surface area contributed by atoms with Crippen LogP contribution in [0.1, 0.15) is 16.7 Å². The lowest BCUT2D eigenvalue weighted by atomic mass is 9.99. The smallest absolute Gasteiger partial charge is 0.436 e. The molecule has 2 aromatic rings. The predicted octanol–water partition coefficient (Wildman–Crippen LogP) is 2.63. The maximum absolute atomic E-state index is 12.2. The van der Waals surface area contributed by atoms with Crippen molar-refractivity contribution in [1.29, 1.82) is 0 Å². The maximum Gasteiger partial charge on any atom is 0.436 e. The number of fused-ring (bicyclic) bond motifs is 1. The Hall–Kier alpha value is -3.09. The van der Waals surface area contributed by atoms with Crippen molar-refractivity contribution in [2.24, 2.45) is 5.16 Å². The van der Waals surface area contributed by atoms with E-state index < -0.39 is 6.09 Å². The first-order valence-corrected chi connectivity index (χ1v) is 7.84. The van der Waals surface area contributed by atoms with Gasteiger partial charge in [0.15, 0.2) is 11.5 Å². The Kier molecular flexibility index (Phi) is 5.13. The number of benzene rings is 1. The number of nitrogens with zero attached hydrogens (tertiary/aromatic N) is 3. The van der Waals surface area contributed by atoms with E-state index in [1.165, 1.54) is 6.21 Å². The number of ether oxygens (including phenoxy) is 2. The second kappa shape index (κ2) is 7.65. The van der Waals surface area contributed by atoms with Gasteiger partial charge in [-0.2, -0.15) is 0 Å². The van der Waals surface area contributed by atoms with Crippen LogP contribution in [0.4, 0.5) is 4.79 Å². The van der Waals surface area contributed by atoms with Gasteiger partial charge in [-0.15, -0.1) is 0 Å². The third-order valence-corrected chi connectivity index (χ3v) is 3.99. The highest BCUT2D eigenvalue weighted by molar-refractivity contribution is 5.79. The van der Waals surface area contributed by atoms with E-state index in [2.05, 4.69) is 10.1 Å². The van der Waals surface area contributed by atoms with Crippen LogP contribution in [-0.2, 0) is 17.8 Å². The Morgan fingerprint density at radius 2 is 2.00 bits per heavy atom. The number of carbonyl (C=O) groups is 1. The van der Waals surface area contributed by atoms with Crippen molar-refractivity contribution >= 4 is 12.3 Å². The summed E-state index contributed by atoms with van der Waals surface area (Å²) in [5.41, 5.74) is 2.91. The van der Waals surface area contributed by atoms with Crippen LogP contribution in [0.15, 0.2) is 41.8 Å². The number of pyridine rings is 1. The summed E-state index contributed by atoms with van der Waals surface area (Å²) in [4.78, 5) is 22.7. The number of rotatable bonds is 4. The highest BCUT2D eigenvalue weighted by Crippen LogP contribution is 2.33. The van der Waals surface area contributed by atoms with Gasteiger partial charge >= 0.3 is 6.09 Å². The molecule has 1 aromatic heterocycles. The molecule has 0 spiro atoms. The summed E-state index contributed by atoms with van der Waals surface area (Å²) in [6.07, 6.45) is 4.99. The number of oxime groups is 1. The van der Waals surface area contributed by atoms with Crippen molar-refractivity contribution in [2.45, 2.75) is 13.0 Å². The molecule has 130 valence electrons. The van der Waals surface area contributed by atoms with Crippen LogP contribution in [-0.4, -0.2) is 43.0 Å². The van der Waals surface area contributed by atoms with Gasteiger partial charge in [-0.05, 0) is 35.7 Å². The van der Waals surface area contributed by atoms with E-state index in [1.807, 2.05) is 18.2 Å². The van der Waals surface area contributed by atoms with Crippen LogP contribution in [0.5, 0.6) is 11.5 Å². The number of amides is 1. The summed E-state index contributed by atoms with van der Waals surface area (Å²) in [6, 6.07) is 7.46. The van der Waals surface area contributed by atoms with Crippen molar-refractivity contribution < 1.29 is 19.1 Å². The average Bonchev–Trinajstić information content (AvgIpc) is 2.67. The summed E-state index contributed by atoms with van der Waals surface area (Å²) >= 11 is 0. The molecule has 0 radical (unpaired) electrons. The van der Waals surface area contributed by atoms with E-state index in [1.54, 1.807) is 37.6 Å². The second-order valence-electron chi connectivity index (χ2n) is 5.53. The minimum absolute atomic E-state index is 0.441. The largest absolute Gasteiger partial charge is 0.493 e. The Balaban J connectivity index is 1.65. The zero-order chi connectivity index (χ0) is 17.6. The molecule has 25 heavy (non-hydrogen) atoms. The molecule has 0 saturated heterocycles. The van der Waals surface area contributed by atoms with Crippen molar-refractivity contribution in [3.63, 3.8) is 0 Å². The second-order valence-corrected chi connectivity index (χ2v) is 5.53. The standard InChI is InChI=1S/C18H19N3O4/c1-23-16-8-14-5-7-21(12-15(14)9-17(16)24-2)18(22)25-20-11-13-4-3-6-19-10-13/h3-4,6,8-11H,5,7,12H2,1-2H3/b20-11+. The van der Waals surface area contributed by atoms with E-state index in [0.29, 0.717) is 24.6 Å². The molecule has 2 heterocycles. The molecule has 0 bridgehead atoms. The first-order valence-electron chi connectivity index (χ1n) is 7.84. The van der Waals surface area contributed by atoms with Gasteiger partial charge in [-0.1, -0.05) is 11.2 Å². The molecule has 1 amide bonds. The summed E-state index contributed by atoms with van der Waals surface area (Å²) in [5.74, 6) is 1.34. The number of methoxy groups -OCH3 is 2. The fraction of sp³-hybridized carbons (Fsp3) is 0.278. The molecule has 7 heteroatoms. The maximum atomic E-state index is 12.2. The van der Waals surface area contributed by atoms with Crippen LogP contribution in [0.25, 0.3) is 0 Å². The Labute approximate surface area is 145 Å². The third-order valence-electron chi connectivity index (χ3n) is 3.99. The van der Waals surface area contributed by atoms with Crippen LogP contribution < -0.4 is 9.47 Å². The van der Waals surface area contributed by atoms with Crippen molar-refractivity contribution in [3.8, 4) is 11.5 Å². The summed E-state index contributed by atoms with van der Waals surface area (Å²) in [7, 11) is 3.20. The third kappa shape index (κ3) is 3.88. The molecule has 1 aliphatic rings. The van der Waals surface area contributed by atoms with Crippen LogP contribution in [0.2, 0.25) is 0 Å². The minimum Gasteiger partial charge on any atom is -0.493 e. The van der Waals surface area contributed by atoms with Crippen LogP contribution in [0, 0.1) is 0 Å². The number of carbonyl (C=O) groups excluding carboxylic acids is 1. The summed E-state index contributed by atoms with van der Waals surface area (Å²) < 4.78 is 10.6. The average molecular weight is 341 g/mol. The van der Waals surface area contributed by atoms with Gasteiger partial charge in [0.25, 0.3) is 0 Å². The zero-order valence-corrected chi connectivity index (χ0v) is 14.1. The molecule has 3 rings (SSSR count). The summed E-state index contributed by atoms with van der Waals surface area (Å²) in [6.45, 7) is 1.00. The molecular weight excluding hydrogens is 322 g/mol. The van der Waals surface area contributed by atoms with Gasteiger partial charge in [0.05, 0.1) is 20.4 Å². The van der Waals surface area contributed by atoms with Crippen molar-refractivity contribution in [3.05, 3.63) is 53.3 Å². The van der Waals surface area contributed by atoms with Crippen molar-refractivity contribution in [1.82, 2.24) is 9.88 Å². The lowest BCUT2D eigenvalue weighted by molar-refractivity contribution is 0.101. The Bertz CT molecular complexity index is 777. The van der Waals surface area contributed by atoms with Gasteiger partial charge in [0.2, 0.25) is 0 Å². The molecular formula is C18H19N3O4. The summed E-state index contributed by atoms with van der Waals surface area (Å²) in [5, 5.41) is 3.73. The predicted molar refractivity (Wildman–Crippen MR) is 92.0 cm³/mol. The van der Waals surface area contributed by atoms with Crippen LogP contribution in [0.3, 0.4) is 0 Å². The molecule has 1 aromatic carbocycles. The quantitative estimate of drug-likeness (QED) is 0.485. The SMILES string of the molecule is COc1cc2c(cc1OC)CN(C(=O)O/N=C/c1cccnc1)CC2. The normalized spacial score (nSPS) is 13.4. The van der Waals surface area contributed by atoms with Crippen molar-refractivity contribution in [2.75, 3.05) is 20.8 Å². The highest BCUT2D eigenvalue weighted by Gasteiger charge is 2.24. The number of hydrogen-bond donors (Lipinski definition) is 0. The number of hydrogen-bond acceptors (Lipinski definition) is 6. The van der Waals surface area contributed by atoms with Gasteiger partial charge in [-0.25, -0.2) is 4.79 Å². The van der Waals surface area contributed by atoms with E-state index in [0.717, 1.165) is 23.1 Å². The lowest BCUT2D eigenvalue weighted by Crippen LogP contribution is -2.35. The van der Waals surface area contributed by atoms with Gasteiger partial charge in [0.1, 0.15) is 0 Å². The fourth-order valence-electron chi connectivity index (χ4n) is 2.68. The molecule has 1 aliphatic heterocycles. The first kappa shape index (κ1) is 16.8. The fourth-order valence-corrected chi connectivity index (χ4v) is 2.68. The van der Waals surface area contributed by atoms with E-state index >= 15 is 0 Å². The molecule has 0 aliphatic carbocycles. The zero-order valence-electron chi connectivity index (χ0n) is 14.1. The van der Waals surface area contributed by atoms with Gasteiger partial charge in [0, 0.05) is 31.0 Å². The lowest BCUT2D eigenvalue weighted by Gasteiger charge is -2.27. The molecule has 0 unspecified atom stereocenters. The van der Waals surface area contributed by atoms with Crippen LogP contribution >= 0.6 is 0 Å².